The molecule has 2 fully saturated rings. The van der Waals surface area contributed by atoms with Gasteiger partial charge in [0.05, 0.1) is 24.0 Å². The Morgan fingerprint density at radius 1 is 1.23 bits per heavy atom. The lowest BCUT2D eigenvalue weighted by Gasteiger charge is -2.41. The van der Waals surface area contributed by atoms with Crippen LogP contribution in [0.15, 0.2) is 29.2 Å². The number of nitrogens with one attached hydrogen (secondary N) is 1. The van der Waals surface area contributed by atoms with E-state index in [0.29, 0.717) is 0 Å². The van der Waals surface area contributed by atoms with Crippen molar-refractivity contribution in [2.24, 2.45) is 5.92 Å². The maximum absolute atomic E-state index is 12.4. The van der Waals surface area contributed by atoms with Crippen molar-refractivity contribution in [3.8, 4) is 0 Å². The Morgan fingerprint density at radius 2 is 1.92 bits per heavy atom. The fourth-order valence-electron chi connectivity index (χ4n) is 2.69. The van der Waals surface area contributed by atoms with Crippen molar-refractivity contribution in [1.82, 2.24) is 5.32 Å². The predicted octanol–water partition coefficient (Wildman–Crippen LogP) is 0.939. The van der Waals surface area contributed by atoms with Gasteiger partial charge in [-0.2, -0.15) is 8.42 Å². The molecule has 5 atom stereocenters. The molecule has 2 heterocycles. The third kappa shape index (κ3) is 4.24. The summed E-state index contributed by atoms with van der Waals surface area (Å²) in [5.74, 6) is -0.358. The Bertz CT molecular complexity index is 749. The molecule has 3 rings (SSSR count). The highest BCUT2D eigenvalue weighted by Gasteiger charge is 2.41. The van der Waals surface area contributed by atoms with Gasteiger partial charge in [0.15, 0.2) is 6.29 Å². The van der Waals surface area contributed by atoms with Gasteiger partial charge in [-0.3, -0.25) is 8.98 Å². The lowest BCUT2D eigenvalue weighted by molar-refractivity contribution is -0.274. The third-order valence-corrected chi connectivity index (χ3v) is 5.74. The Balaban J connectivity index is 1.63. The molecule has 2 aliphatic heterocycles. The summed E-state index contributed by atoms with van der Waals surface area (Å²) in [6, 6.07) is 6.40. The van der Waals surface area contributed by atoms with Gasteiger partial charge in [0.25, 0.3) is 10.1 Å². The summed E-state index contributed by atoms with van der Waals surface area (Å²) in [5, 5.41) is 2.64. The topological polar surface area (TPSA) is 100 Å². The summed E-state index contributed by atoms with van der Waals surface area (Å²) in [4.78, 5) is 11.4. The van der Waals surface area contributed by atoms with E-state index in [1.165, 1.54) is 12.1 Å². The van der Waals surface area contributed by atoms with Crippen LogP contribution in [-0.2, 0) is 33.3 Å². The number of carbonyl (C=O) groups is 1. The molecule has 0 saturated carbocycles. The minimum atomic E-state index is -3.90. The van der Waals surface area contributed by atoms with E-state index < -0.39 is 34.8 Å². The number of ether oxygens (including phenoxy) is 3. The Hall–Kier alpha value is -1.52. The average Bonchev–Trinajstić information content (AvgIpc) is 2.61. The van der Waals surface area contributed by atoms with Crippen LogP contribution in [-0.4, -0.2) is 52.3 Å². The van der Waals surface area contributed by atoms with Crippen LogP contribution >= 0.6 is 0 Å². The van der Waals surface area contributed by atoms with E-state index in [0.717, 1.165) is 5.56 Å². The average molecular weight is 385 g/mol. The van der Waals surface area contributed by atoms with E-state index in [2.05, 4.69) is 5.32 Å². The number of amides is 1. The molecule has 0 bridgehead atoms. The first kappa shape index (κ1) is 19.2. The summed E-state index contributed by atoms with van der Waals surface area (Å²) < 4.78 is 46.7. The highest BCUT2D eigenvalue weighted by molar-refractivity contribution is 7.86. The van der Waals surface area contributed by atoms with Crippen LogP contribution in [0.5, 0.6) is 0 Å². The van der Waals surface area contributed by atoms with Crippen molar-refractivity contribution in [1.29, 1.82) is 0 Å². The number of hydrogen-bond donors (Lipinski definition) is 1. The van der Waals surface area contributed by atoms with Crippen LogP contribution in [0.25, 0.3) is 0 Å². The molecule has 1 N–H and O–H groups in total. The van der Waals surface area contributed by atoms with Gasteiger partial charge in [0.1, 0.15) is 18.4 Å². The zero-order chi connectivity index (χ0) is 18.9. The molecule has 1 aromatic rings. The molecule has 0 spiro atoms. The quantitative estimate of drug-likeness (QED) is 0.574. The lowest BCUT2D eigenvalue weighted by Crippen LogP contribution is -2.61. The minimum Gasteiger partial charge on any atom is -0.350 e. The van der Waals surface area contributed by atoms with Crippen molar-refractivity contribution in [3.63, 3.8) is 0 Å². The number of benzene rings is 1. The summed E-state index contributed by atoms with van der Waals surface area (Å²) in [7, 11) is -3.90. The van der Waals surface area contributed by atoms with E-state index in [9.17, 15) is 13.2 Å². The summed E-state index contributed by atoms with van der Waals surface area (Å²) >= 11 is 0. The maximum Gasteiger partial charge on any atom is 0.297 e. The molecule has 0 radical (unpaired) electrons. The highest BCUT2D eigenvalue weighted by Crippen LogP contribution is 2.24. The zero-order valence-electron chi connectivity index (χ0n) is 14.9. The first-order chi connectivity index (χ1) is 12.3. The Morgan fingerprint density at radius 3 is 2.54 bits per heavy atom. The standard InChI is InChI=1S/C17H23NO7S/c1-10-4-6-13(7-5-10)26(20,21)23-9-15-14(8-22-12(3)24-15)25-17-11(2)16(19)18-17/h4-7,11-12,14-15,17H,8-9H2,1-3H3,(H,18,19)/t11-,12+,14+,15-,17-/m0/s1. The van der Waals surface area contributed by atoms with Crippen LogP contribution in [0, 0.1) is 12.8 Å². The van der Waals surface area contributed by atoms with Gasteiger partial charge >= 0.3 is 0 Å². The molecule has 9 heteroatoms. The predicted molar refractivity (Wildman–Crippen MR) is 90.6 cm³/mol. The normalized spacial score (nSPS) is 32.0. The van der Waals surface area contributed by atoms with Gasteiger partial charge in [0.2, 0.25) is 5.91 Å². The van der Waals surface area contributed by atoms with Crippen LogP contribution in [0.1, 0.15) is 19.4 Å². The lowest BCUT2D eigenvalue weighted by atomic mass is 10.0. The highest BCUT2D eigenvalue weighted by atomic mass is 32.2. The van der Waals surface area contributed by atoms with E-state index in [-0.39, 0.29) is 29.9 Å². The second-order valence-electron chi connectivity index (χ2n) is 6.52. The maximum atomic E-state index is 12.4. The molecule has 2 aliphatic rings. The first-order valence-corrected chi connectivity index (χ1v) is 9.86. The van der Waals surface area contributed by atoms with Crippen LogP contribution < -0.4 is 5.32 Å². The summed E-state index contributed by atoms with van der Waals surface area (Å²) in [5.41, 5.74) is 0.954. The molecule has 144 valence electrons. The molecule has 1 amide bonds. The molecular formula is C17H23NO7S. The van der Waals surface area contributed by atoms with Crippen molar-refractivity contribution in [3.05, 3.63) is 29.8 Å². The fourth-order valence-corrected chi connectivity index (χ4v) is 3.61. The number of aryl methyl sites for hydroxylation is 1. The van der Waals surface area contributed by atoms with E-state index in [1.807, 2.05) is 6.92 Å². The number of hydrogen-bond acceptors (Lipinski definition) is 7. The van der Waals surface area contributed by atoms with Crippen LogP contribution in [0.4, 0.5) is 0 Å². The van der Waals surface area contributed by atoms with E-state index in [4.69, 9.17) is 18.4 Å². The van der Waals surface area contributed by atoms with Gasteiger partial charge in [-0.05, 0) is 32.9 Å². The Kier molecular flexibility index (Phi) is 5.64. The van der Waals surface area contributed by atoms with Crippen molar-refractivity contribution >= 4 is 16.0 Å². The fraction of sp³-hybridized carbons (Fsp3) is 0.588. The SMILES string of the molecule is Cc1ccc(S(=O)(=O)OC[C@@H]2O[C@H](C)OC[C@H]2O[C@@H]2NC(=O)[C@@H]2C)cc1. The Labute approximate surface area is 152 Å². The largest absolute Gasteiger partial charge is 0.350 e. The van der Waals surface area contributed by atoms with Crippen LogP contribution in [0.3, 0.4) is 0 Å². The molecule has 26 heavy (non-hydrogen) atoms. The molecule has 0 aromatic heterocycles. The molecule has 8 nitrogen and oxygen atoms in total. The number of rotatable bonds is 6. The second kappa shape index (κ2) is 7.61. The van der Waals surface area contributed by atoms with Crippen molar-refractivity contribution in [2.45, 2.75) is 50.4 Å². The monoisotopic (exact) mass is 385 g/mol. The van der Waals surface area contributed by atoms with E-state index >= 15 is 0 Å². The molecule has 0 aliphatic carbocycles. The van der Waals surface area contributed by atoms with Crippen molar-refractivity contribution in [2.75, 3.05) is 13.2 Å². The first-order valence-electron chi connectivity index (χ1n) is 8.45. The van der Waals surface area contributed by atoms with Gasteiger partial charge in [-0.15, -0.1) is 0 Å². The van der Waals surface area contributed by atoms with E-state index in [1.54, 1.807) is 26.0 Å². The summed E-state index contributed by atoms with van der Waals surface area (Å²) in [6.07, 6.45) is -2.13. The number of β-lactam (4-membered cyclic amide) rings is 1. The molecule has 2 saturated heterocycles. The van der Waals surface area contributed by atoms with Gasteiger partial charge in [0, 0.05) is 0 Å². The van der Waals surface area contributed by atoms with Gasteiger partial charge < -0.3 is 19.5 Å². The van der Waals surface area contributed by atoms with Crippen molar-refractivity contribution < 1.29 is 31.6 Å². The molecule has 1 aromatic carbocycles. The zero-order valence-corrected chi connectivity index (χ0v) is 15.7. The van der Waals surface area contributed by atoms with Crippen LogP contribution in [0.2, 0.25) is 0 Å². The summed E-state index contributed by atoms with van der Waals surface area (Å²) in [6.45, 7) is 5.36. The molecular weight excluding hydrogens is 362 g/mol. The van der Waals surface area contributed by atoms with Gasteiger partial charge in [-0.1, -0.05) is 17.7 Å². The number of carbonyl (C=O) groups excluding carboxylic acids is 1. The minimum absolute atomic E-state index is 0.0838. The van der Waals surface area contributed by atoms with Gasteiger partial charge in [-0.25, -0.2) is 0 Å². The smallest absolute Gasteiger partial charge is 0.297 e. The molecule has 0 unspecified atom stereocenters. The third-order valence-electron chi connectivity index (χ3n) is 4.45. The second-order valence-corrected chi connectivity index (χ2v) is 8.13.